The van der Waals surface area contributed by atoms with Gasteiger partial charge in [-0.25, -0.2) is 0 Å². The Morgan fingerprint density at radius 1 is 0.605 bits per heavy atom. The zero-order valence-electron chi connectivity index (χ0n) is 42.0. The lowest BCUT2D eigenvalue weighted by atomic mass is 9.74. The molecule has 2 aliphatic heterocycles. The second-order valence-electron chi connectivity index (χ2n) is 18.9. The summed E-state index contributed by atoms with van der Waals surface area (Å²) in [7, 11) is -22.0. The molecule has 4 aromatic carbocycles. The Kier molecular flexibility index (Phi) is 18.9. The smallest absolute Gasteiger partial charge is 0.303 e. The number of carbonyl (C=O) groups is 1. The van der Waals surface area contributed by atoms with Crippen molar-refractivity contribution in [3.8, 4) is 0 Å². The van der Waals surface area contributed by atoms with E-state index in [9.17, 15) is 74.8 Å². The van der Waals surface area contributed by atoms with Crippen molar-refractivity contribution in [1.82, 2.24) is 0 Å². The highest BCUT2D eigenvalue weighted by Crippen LogP contribution is 2.55. The number of carboxylic acids is 1. The monoisotopic (exact) mass is 1160 g/mol. The normalized spacial score (nSPS) is 19.9. The number of allylic oxidation sites excluding steroid dienone is 3. The molecule has 6 N–H and O–H groups in total. The molecule has 0 amide bonds. The van der Waals surface area contributed by atoms with Crippen LogP contribution in [0, 0.1) is 0 Å². The van der Waals surface area contributed by atoms with Gasteiger partial charge >= 0.3 is 5.97 Å². The Balaban J connectivity index is 1.65. The molecular weight excluding hydrogens is 1100 g/mol. The largest absolute Gasteiger partial charge is 0.481 e. The van der Waals surface area contributed by atoms with Crippen molar-refractivity contribution in [3.63, 3.8) is 0 Å². The van der Waals surface area contributed by atoms with E-state index in [1.165, 1.54) is 32.4 Å². The van der Waals surface area contributed by atoms with Gasteiger partial charge in [0, 0.05) is 85.6 Å². The first-order valence-electron chi connectivity index (χ1n) is 23.7. The molecule has 3 unspecified atom stereocenters. The fourth-order valence-electron chi connectivity index (χ4n) is 10.4. The van der Waals surface area contributed by atoms with E-state index in [2.05, 4.69) is 0 Å². The summed E-state index contributed by atoms with van der Waals surface area (Å²) in [5.41, 5.74) is -0.397. The van der Waals surface area contributed by atoms with E-state index in [-0.39, 0.29) is 100.0 Å². The summed E-state index contributed by atoms with van der Waals surface area (Å²) in [6.45, 7) is 4.57. The van der Waals surface area contributed by atoms with Crippen LogP contribution < -0.4 is 9.80 Å². The molecule has 76 heavy (non-hydrogen) atoms. The van der Waals surface area contributed by atoms with Crippen LogP contribution in [0.25, 0.3) is 21.5 Å². The first-order valence-corrected chi connectivity index (χ1v) is 31.1. The summed E-state index contributed by atoms with van der Waals surface area (Å²) >= 11 is 0. The number of rotatable bonds is 28. The van der Waals surface area contributed by atoms with Gasteiger partial charge in [-0.05, 0) is 103 Å². The van der Waals surface area contributed by atoms with Crippen molar-refractivity contribution < 1.29 is 93.7 Å². The maximum atomic E-state index is 12.9. The van der Waals surface area contributed by atoms with Crippen LogP contribution in [-0.4, -0.2) is 155 Å². The van der Waals surface area contributed by atoms with Gasteiger partial charge in [-0.2, -0.15) is 42.1 Å². The predicted octanol–water partition coefficient (Wildman–Crippen LogP) is 5.67. The Hall–Kier alpha value is -4.66. The van der Waals surface area contributed by atoms with Gasteiger partial charge in [0.25, 0.3) is 50.6 Å². The molecule has 23 nitrogen and oxygen atoms in total. The van der Waals surface area contributed by atoms with E-state index < -0.39 is 98.8 Å². The lowest BCUT2D eigenvalue weighted by Crippen LogP contribution is -2.43. The minimum Gasteiger partial charge on any atom is -0.481 e. The van der Waals surface area contributed by atoms with Crippen LogP contribution in [-0.2, 0) is 85.2 Å². The zero-order valence-corrected chi connectivity index (χ0v) is 46.1. The molecule has 6 rings (SSSR count). The lowest BCUT2D eigenvalue weighted by molar-refractivity contribution is -0.137. The van der Waals surface area contributed by atoms with Crippen LogP contribution in [0.15, 0.2) is 92.0 Å². The fourth-order valence-corrected chi connectivity index (χ4v) is 13.5. The van der Waals surface area contributed by atoms with Crippen LogP contribution in [0.5, 0.6) is 0 Å². The number of ether oxygens (including phenoxy) is 4. The average molecular weight is 1160 g/mol. The van der Waals surface area contributed by atoms with E-state index in [1.807, 2.05) is 11.8 Å². The molecule has 2 heterocycles. The highest BCUT2D eigenvalue weighted by molar-refractivity contribution is 7.87. The minimum absolute atomic E-state index is 0.00422. The number of anilines is 2. The quantitative estimate of drug-likeness (QED) is 0.0294. The predicted molar refractivity (Wildman–Crippen MR) is 279 cm³/mol. The van der Waals surface area contributed by atoms with Crippen molar-refractivity contribution in [2.75, 3.05) is 82.5 Å². The molecule has 3 atom stereocenters. The minimum atomic E-state index is -5.15. The number of carboxylic acid groups (broad SMARTS) is 1. The molecule has 0 bridgehead atoms. The molecule has 0 saturated carbocycles. The number of methoxy groups -OCH3 is 2. The molecule has 0 saturated heterocycles. The lowest BCUT2D eigenvalue weighted by Gasteiger charge is -2.36. The Labute approximate surface area is 442 Å². The van der Waals surface area contributed by atoms with Gasteiger partial charge in [-0.1, -0.05) is 37.6 Å². The van der Waals surface area contributed by atoms with Crippen LogP contribution in [0.4, 0.5) is 11.4 Å². The highest BCUT2D eigenvalue weighted by Gasteiger charge is 2.49. The number of hydrogen-bond donors (Lipinski definition) is 6. The molecular formula is C48H62N2O21S5. The van der Waals surface area contributed by atoms with E-state index >= 15 is 0 Å². The number of unbranched alkanes of at least 4 members (excludes halogenated alkanes) is 2. The first kappa shape index (κ1) is 60.6. The first-order chi connectivity index (χ1) is 35.4. The highest BCUT2D eigenvalue weighted by atomic mass is 32.2. The standard InChI is InChI=1S/C48H62N2O21S5/c1-47(17-21-70-25-23-68-3)42(49(19-7-5-6-12-44(51)52)38-15-13-34-36(45(38)47)28-32(73(56,57)58)30-40(34)75(62,63)64)10-8-11-43-48(2,18-22-71-26-24-69-4)46-37-29-33(74(59,60)61)31-41(76(65,66)67)35(37)14-16-39(46)50(43)20-9-27-72(53,54)55/h8,10-11,13-16,28-31,43H,5-7,9,12,17-27H2,1-4H3,(H,51,52)(H,53,54,55)(H,56,57,58)(H,59,60,61)(H,62,63,64)(H,65,66,67). The van der Waals surface area contributed by atoms with Gasteiger partial charge in [-0.3, -0.25) is 27.6 Å². The van der Waals surface area contributed by atoms with Gasteiger partial charge in [-0.15, -0.1) is 0 Å². The Bertz CT molecular complexity index is 3490. The van der Waals surface area contributed by atoms with Crippen molar-refractivity contribution >= 4 is 89.5 Å². The Morgan fingerprint density at radius 3 is 1.63 bits per heavy atom. The van der Waals surface area contributed by atoms with Gasteiger partial charge in [0.05, 0.1) is 48.0 Å². The number of benzene rings is 4. The topological polar surface area (TPSA) is 353 Å². The third kappa shape index (κ3) is 13.6. The van der Waals surface area contributed by atoms with Gasteiger partial charge in [0.1, 0.15) is 9.79 Å². The van der Waals surface area contributed by atoms with Crippen LogP contribution in [0.2, 0.25) is 0 Å². The number of fused-ring (bicyclic) bond motifs is 6. The van der Waals surface area contributed by atoms with Gasteiger partial charge < -0.3 is 33.9 Å². The van der Waals surface area contributed by atoms with Crippen molar-refractivity contribution in [1.29, 1.82) is 0 Å². The molecule has 0 aromatic heterocycles. The molecule has 4 aromatic rings. The summed E-state index contributed by atoms with van der Waals surface area (Å²) in [6, 6.07) is 8.45. The number of nitrogens with zero attached hydrogens (tertiary/aromatic N) is 2. The molecule has 0 spiro atoms. The second kappa shape index (κ2) is 23.7. The number of hydrogen-bond acceptors (Lipinski definition) is 17. The number of aliphatic carboxylic acids is 1. The molecule has 2 aliphatic rings. The van der Waals surface area contributed by atoms with Crippen LogP contribution in [0.1, 0.15) is 69.9 Å². The van der Waals surface area contributed by atoms with Crippen LogP contribution in [0.3, 0.4) is 0 Å². The third-order valence-electron chi connectivity index (χ3n) is 13.8. The van der Waals surface area contributed by atoms with Crippen molar-refractivity contribution in [2.24, 2.45) is 0 Å². The van der Waals surface area contributed by atoms with Gasteiger partial charge in [0.2, 0.25) is 0 Å². The van der Waals surface area contributed by atoms with Crippen LogP contribution >= 0.6 is 0 Å². The summed E-state index contributed by atoms with van der Waals surface area (Å²) in [5.74, 6) is -1.67. The SMILES string of the molecule is COCCOCCC1(C)C(=CC=CC2N(CCCS(=O)(=O)O)c3ccc4c(S(=O)(=O)O)cc(S(=O)(=O)O)cc4c3C2(C)CCOCCOC)N(CCCCCC(=O)O)c2ccc3c(S(=O)(=O)O)cc(S(=O)(=O)O)cc3c21. The molecule has 0 fully saturated rings. The molecule has 0 radical (unpaired) electrons. The third-order valence-corrected chi connectivity index (χ3v) is 18.1. The fraction of sp³-hybridized carbons (Fsp3) is 0.479. The summed E-state index contributed by atoms with van der Waals surface area (Å²) in [4.78, 5) is 11.9. The molecule has 0 aliphatic carbocycles. The van der Waals surface area contributed by atoms with Crippen molar-refractivity contribution in [3.05, 3.63) is 83.6 Å². The second-order valence-corrected chi connectivity index (χ2v) is 26.1. The van der Waals surface area contributed by atoms with E-state index in [0.29, 0.717) is 59.6 Å². The van der Waals surface area contributed by atoms with E-state index in [1.54, 1.807) is 36.1 Å². The van der Waals surface area contributed by atoms with Crippen molar-refractivity contribution in [2.45, 2.75) is 95.2 Å². The van der Waals surface area contributed by atoms with E-state index in [0.717, 1.165) is 12.1 Å². The summed E-state index contributed by atoms with van der Waals surface area (Å²) < 4.78 is 200. The van der Waals surface area contributed by atoms with E-state index in [4.69, 9.17) is 18.9 Å². The molecule has 28 heteroatoms. The Morgan fingerprint density at radius 2 is 1.13 bits per heavy atom. The maximum absolute atomic E-state index is 12.9. The summed E-state index contributed by atoms with van der Waals surface area (Å²) in [6.07, 6.45) is 6.36. The van der Waals surface area contributed by atoms with Gasteiger partial charge in [0.15, 0.2) is 0 Å². The summed E-state index contributed by atoms with van der Waals surface area (Å²) in [5, 5.41) is 9.23. The molecule has 420 valence electrons. The average Bonchev–Trinajstić information content (AvgIpc) is 3.69. The maximum Gasteiger partial charge on any atom is 0.303 e. The zero-order chi connectivity index (χ0) is 56.2.